The van der Waals surface area contributed by atoms with Gasteiger partial charge in [0.25, 0.3) is 0 Å². The van der Waals surface area contributed by atoms with Crippen LogP contribution < -0.4 is 10.6 Å². The van der Waals surface area contributed by atoms with E-state index in [1.165, 1.54) is 12.8 Å². The maximum atomic E-state index is 12.6. The van der Waals surface area contributed by atoms with Crippen molar-refractivity contribution < 1.29 is 13.9 Å². The number of ether oxygens (including phenoxy) is 1. The van der Waals surface area contributed by atoms with Crippen LogP contribution in [-0.4, -0.2) is 80.6 Å². The minimum absolute atomic E-state index is 0.294. The Bertz CT molecular complexity index is 650. The minimum atomic E-state index is 0.294. The number of furan rings is 1. The molecule has 1 amide bonds. The van der Waals surface area contributed by atoms with Gasteiger partial charge in [0.2, 0.25) is 5.91 Å². The lowest BCUT2D eigenvalue weighted by Gasteiger charge is -2.36. The number of aliphatic imine (C=N–C) groups is 1. The Morgan fingerprint density at radius 3 is 2.74 bits per heavy atom. The van der Waals surface area contributed by atoms with Crippen LogP contribution in [-0.2, 0) is 16.1 Å². The number of guanidine groups is 1. The van der Waals surface area contributed by atoms with Crippen LogP contribution in [0.5, 0.6) is 0 Å². The zero-order valence-electron chi connectivity index (χ0n) is 19.0. The van der Waals surface area contributed by atoms with Gasteiger partial charge < -0.3 is 24.7 Å². The highest BCUT2D eigenvalue weighted by Crippen LogP contribution is 2.26. The molecule has 0 bridgehead atoms. The number of carbonyl (C=O) groups is 1. The Morgan fingerprint density at radius 1 is 1.23 bits per heavy atom. The number of amides is 1. The molecule has 2 N–H and O–H groups in total. The van der Waals surface area contributed by atoms with Crippen LogP contribution in [0.2, 0.25) is 0 Å². The molecule has 0 atom stereocenters. The van der Waals surface area contributed by atoms with Gasteiger partial charge in [0.1, 0.15) is 12.4 Å². The summed E-state index contributed by atoms with van der Waals surface area (Å²) in [6.45, 7) is 10.2. The van der Waals surface area contributed by atoms with E-state index in [1.54, 1.807) is 6.26 Å². The summed E-state index contributed by atoms with van der Waals surface area (Å²) >= 11 is 0. The quantitative estimate of drug-likeness (QED) is 0.316. The highest BCUT2D eigenvalue weighted by atomic mass is 16.5. The molecule has 1 aliphatic carbocycles. The van der Waals surface area contributed by atoms with E-state index in [-0.39, 0.29) is 0 Å². The van der Waals surface area contributed by atoms with E-state index in [9.17, 15) is 4.79 Å². The summed E-state index contributed by atoms with van der Waals surface area (Å²) in [4.78, 5) is 21.7. The van der Waals surface area contributed by atoms with E-state index < -0.39 is 0 Å². The van der Waals surface area contributed by atoms with Crippen molar-refractivity contribution in [1.82, 2.24) is 20.4 Å². The van der Waals surface area contributed by atoms with Crippen molar-refractivity contribution in [2.75, 3.05) is 59.0 Å². The predicted molar refractivity (Wildman–Crippen MR) is 122 cm³/mol. The summed E-state index contributed by atoms with van der Waals surface area (Å²) in [5, 5.41) is 6.72. The summed E-state index contributed by atoms with van der Waals surface area (Å²) < 4.78 is 10.8. The maximum absolute atomic E-state index is 12.6. The average Bonchev–Trinajstić information content (AvgIpc) is 3.50. The lowest BCUT2D eigenvalue weighted by molar-refractivity contribution is -0.137. The number of carbonyl (C=O) groups excluding carboxylic acids is 1. The van der Waals surface area contributed by atoms with Gasteiger partial charge in [0, 0.05) is 64.9 Å². The minimum Gasteiger partial charge on any atom is -0.467 e. The van der Waals surface area contributed by atoms with Gasteiger partial charge in [-0.15, -0.1) is 0 Å². The second-order valence-electron chi connectivity index (χ2n) is 8.32. The van der Waals surface area contributed by atoms with E-state index >= 15 is 0 Å². The Kier molecular flexibility index (Phi) is 10.2. The summed E-state index contributed by atoms with van der Waals surface area (Å²) in [5.74, 6) is 2.39. The molecule has 2 heterocycles. The van der Waals surface area contributed by atoms with E-state index in [4.69, 9.17) is 9.15 Å². The van der Waals surface area contributed by atoms with Crippen molar-refractivity contribution in [3.05, 3.63) is 24.2 Å². The number of nitrogens with one attached hydrogen (secondary N) is 2. The Morgan fingerprint density at radius 2 is 2.03 bits per heavy atom. The Labute approximate surface area is 186 Å². The zero-order valence-corrected chi connectivity index (χ0v) is 19.0. The van der Waals surface area contributed by atoms with E-state index in [0.717, 1.165) is 83.3 Å². The molecule has 1 aliphatic heterocycles. The maximum Gasteiger partial charge on any atom is 0.225 e. The van der Waals surface area contributed by atoms with Gasteiger partial charge in [-0.05, 0) is 38.3 Å². The molecule has 0 aromatic carbocycles. The molecule has 8 heteroatoms. The Balaban J connectivity index is 1.26. The first kappa shape index (κ1) is 23.6. The molecule has 174 valence electrons. The van der Waals surface area contributed by atoms with Crippen molar-refractivity contribution >= 4 is 11.9 Å². The second-order valence-corrected chi connectivity index (χ2v) is 8.32. The third kappa shape index (κ3) is 8.18. The van der Waals surface area contributed by atoms with Crippen LogP contribution in [0.15, 0.2) is 27.8 Å². The molecule has 0 radical (unpaired) electrons. The normalized spacial score (nSPS) is 18.5. The smallest absolute Gasteiger partial charge is 0.225 e. The van der Waals surface area contributed by atoms with Crippen LogP contribution in [0, 0.1) is 5.92 Å². The number of piperazine rings is 1. The summed E-state index contributed by atoms with van der Waals surface area (Å²) in [5.41, 5.74) is 0. The van der Waals surface area contributed by atoms with Gasteiger partial charge in [-0.3, -0.25) is 14.7 Å². The Hall–Kier alpha value is -2.06. The molecular weight excluding hydrogens is 394 g/mol. The topological polar surface area (TPSA) is 82.3 Å². The fourth-order valence-corrected chi connectivity index (χ4v) is 4.22. The fraction of sp³-hybridized carbons (Fsp3) is 0.739. The predicted octanol–water partition coefficient (Wildman–Crippen LogP) is 2.08. The summed E-state index contributed by atoms with van der Waals surface area (Å²) in [6, 6.07) is 3.78. The number of rotatable bonds is 11. The second kappa shape index (κ2) is 13.4. The first-order valence-corrected chi connectivity index (χ1v) is 11.9. The van der Waals surface area contributed by atoms with E-state index in [0.29, 0.717) is 25.0 Å². The standard InChI is InChI=1S/C23H39N5O3/c1-2-24-23(25-10-6-17-30-19-21-9-5-18-31-21)26-11-12-27-13-15-28(16-14-27)22(29)20-7-3-4-8-20/h5,9,18,20H,2-4,6-8,10-17,19H2,1H3,(H2,24,25,26). The van der Waals surface area contributed by atoms with Crippen LogP contribution in [0.25, 0.3) is 0 Å². The first-order chi connectivity index (χ1) is 15.3. The van der Waals surface area contributed by atoms with Gasteiger partial charge in [-0.1, -0.05) is 12.8 Å². The molecule has 1 aromatic heterocycles. The molecule has 0 spiro atoms. The van der Waals surface area contributed by atoms with Crippen molar-refractivity contribution in [2.24, 2.45) is 10.9 Å². The molecule has 1 aromatic rings. The van der Waals surface area contributed by atoms with Crippen molar-refractivity contribution in [2.45, 2.75) is 45.6 Å². The molecule has 8 nitrogen and oxygen atoms in total. The number of nitrogens with zero attached hydrogens (tertiary/aromatic N) is 3. The molecule has 3 rings (SSSR count). The monoisotopic (exact) mass is 433 g/mol. The van der Waals surface area contributed by atoms with Crippen LogP contribution in [0.4, 0.5) is 0 Å². The summed E-state index contributed by atoms with van der Waals surface area (Å²) in [7, 11) is 0. The van der Waals surface area contributed by atoms with Gasteiger partial charge in [-0.2, -0.15) is 0 Å². The van der Waals surface area contributed by atoms with Crippen LogP contribution in [0.3, 0.4) is 0 Å². The number of hydrogen-bond donors (Lipinski definition) is 2. The highest BCUT2D eigenvalue weighted by Gasteiger charge is 2.29. The molecule has 0 unspecified atom stereocenters. The molecule has 2 aliphatic rings. The largest absolute Gasteiger partial charge is 0.467 e. The van der Waals surface area contributed by atoms with Crippen molar-refractivity contribution in [1.29, 1.82) is 0 Å². The SMILES string of the molecule is CCNC(=NCCCOCc1ccco1)NCCN1CCN(C(=O)C2CCCC2)CC1. The first-order valence-electron chi connectivity index (χ1n) is 11.9. The molecule has 2 fully saturated rings. The van der Waals surface area contributed by atoms with Gasteiger partial charge in [0.05, 0.1) is 6.26 Å². The van der Waals surface area contributed by atoms with Crippen molar-refractivity contribution in [3.63, 3.8) is 0 Å². The lowest BCUT2D eigenvalue weighted by atomic mass is 10.1. The van der Waals surface area contributed by atoms with Gasteiger partial charge in [-0.25, -0.2) is 0 Å². The molecule has 1 saturated carbocycles. The van der Waals surface area contributed by atoms with E-state index in [2.05, 4.69) is 32.3 Å². The fourth-order valence-electron chi connectivity index (χ4n) is 4.22. The van der Waals surface area contributed by atoms with Crippen molar-refractivity contribution in [3.8, 4) is 0 Å². The highest BCUT2D eigenvalue weighted by molar-refractivity contribution is 5.80. The molecule has 31 heavy (non-hydrogen) atoms. The third-order valence-corrected chi connectivity index (χ3v) is 5.99. The third-order valence-electron chi connectivity index (χ3n) is 5.99. The van der Waals surface area contributed by atoms with Gasteiger partial charge >= 0.3 is 0 Å². The molecular formula is C23H39N5O3. The van der Waals surface area contributed by atoms with Crippen LogP contribution in [0.1, 0.15) is 44.8 Å². The van der Waals surface area contributed by atoms with Crippen LogP contribution >= 0.6 is 0 Å². The number of hydrogen-bond acceptors (Lipinski definition) is 5. The lowest BCUT2D eigenvalue weighted by Crippen LogP contribution is -2.51. The van der Waals surface area contributed by atoms with Gasteiger partial charge in [0.15, 0.2) is 5.96 Å². The zero-order chi connectivity index (χ0) is 21.7. The van der Waals surface area contributed by atoms with E-state index in [1.807, 2.05) is 12.1 Å². The average molecular weight is 434 g/mol. The summed E-state index contributed by atoms with van der Waals surface area (Å²) in [6.07, 6.45) is 7.14. The molecule has 1 saturated heterocycles.